The standard InChI is InChI=1S/C15H13BrO3/c1-18-15-7-12(9-17)14(8-13(15)16)19-10-11-5-3-2-4-6-11/h2-9H,10H2,1H3. The number of aldehydes is 1. The maximum Gasteiger partial charge on any atom is 0.153 e. The third kappa shape index (κ3) is 3.35. The van der Waals surface area contributed by atoms with Gasteiger partial charge in [0.25, 0.3) is 0 Å². The van der Waals surface area contributed by atoms with Crippen LogP contribution in [0.5, 0.6) is 11.5 Å². The summed E-state index contributed by atoms with van der Waals surface area (Å²) in [6.07, 6.45) is 0.759. The molecule has 0 saturated carbocycles. The van der Waals surface area contributed by atoms with Crippen molar-refractivity contribution < 1.29 is 14.3 Å². The molecule has 0 aliphatic heterocycles. The molecule has 2 aromatic carbocycles. The Balaban J connectivity index is 2.20. The summed E-state index contributed by atoms with van der Waals surface area (Å²) in [5.41, 5.74) is 1.52. The lowest BCUT2D eigenvalue weighted by molar-refractivity contribution is 0.111. The zero-order valence-corrected chi connectivity index (χ0v) is 12.0. The summed E-state index contributed by atoms with van der Waals surface area (Å²) in [6, 6.07) is 13.2. The summed E-state index contributed by atoms with van der Waals surface area (Å²) >= 11 is 3.38. The van der Waals surface area contributed by atoms with Gasteiger partial charge in [-0.05, 0) is 33.6 Å². The fraction of sp³-hybridized carbons (Fsp3) is 0.133. The molecule has 0 fully saturated rings. The topological polar surface area (TPSA) is 35.5 Å². The van der Waals surface area contributed by atoms with Crippen molar-refractivity contribution in [2.45, 2.75) is 6.61 Å². The van der Waals surface area contributed by atoms with Crippen LogP contribution in [0.4, 0.5) is 0 Å². The highest BCUT2D eigenvalue weighted by molar-refractivity contribution is 9.10. The molecule has 2 rings (SSSR count). The molecule has 2 aromatic rings. The monoisotopic (exact) mass is 320 g/mol. The number of rotatable bonds is 5. The van der Waals surface area contributed by atoms with Gasteiger partial charge in [-0.15, -0.1) is 0 Å². The normalized spacial score (nSPS) is 10.0. The Hall–Kier alpha value is -1.81. The van der Waals surface area contributed by atoms with Crippen LogP contribution in [0.15, 0.2) is 46.9 Å². The van der Waals surface area contributed by atoms with Gasteiger partial charge in [-0.3, -0.25) is 4.79 Å². The third-order valence-electron chi connectivity index (χ3n) is 2.65. The molecule has 0 spiro atoms. The average Bonchev–Trinajstić information content (AvgIpc) is 2.46. The number of carbonyl (C=O) groups excluding carboxylic acids is 1. The summed E-state index contributed by atoms with van der Waals surface area (Å²) in [7, 11) is 1.55. The van der Waals surface area contributed by atoms with E-state index in [9.17, 15) is 4.79 Å². The molecule has 0 radical (unpaired) electrons. The second kappa shape index (κ2) is 6.38. The molecule has 0 unspecified atom stereocenters. The maximum atomic E-state index is 11.1. The molecule has 0 aliphatic carbocycles. The van der Waals surface area contributed by atoms with Crippen molar-refractivity contribution in [1.82, 2.24) is 0 Å². The van der Waals surface area contributed by atoms with Crippen molar-refractivity contribution in [3.63, 3.8) is 0 Å². The lowest BCUT2D eigenvalue weighted by Crippen LogP contribution is -1.99. The maximum absolute atomic E-state index is 11.1. The molecular weight excluding hydrogens is 308 g/mol. The summed E-state index contributed by atoms with van der Waals surface area (Å²) in [6.45, 7) is 0.417. The van der Waals surface area contributed by atoms with Crippen LogP contribution in [-0.2, 0) is 6.61 Å². The van der Waals surface area contributed by atoms with Crippen molar-refractivity contribution in [2.75, 3.05) is 7.11 Å². The molecule has 0 saturated heterocycles. The predicted octanol–water partition coefficient (Wildman–Crippen LogP) is 3.85. The van der Waals surface area contributed by atoms with Gasteiger partial charge in [-0.25, -0.2) is 0 Å². The van der Waals surface area contributed by atoms with Crippen LogP contribution in [0.2, 0.25) is 0 Å². The minimum absolute atomic E-state index is 0.417. The fourth-order valence-electron chi connectivity index (χ4n) is 1.66. The Kier molecular flexibility index (Phi) is 4.58. The summed E-state index contributed by atoms with van der Waals surface area (Å²) in [5, 5.41) is 0. The van der Waals surface area contributed by atoms with Crippen LogP contribution in [0.25, 0.3) is 0 Å². The molecule has 0 bridgehead atoms. The van der Waals surface area contributed by atoms with E-state index in [1.807, 2.05) is 30.3 Å². The minimum Gasteiger partial charge on any atom is -0.496 e. The number of methoxy groups -OCH3 is 1. The van der Waals surface area contributed by atoms with E-state index in [4.69, 9.17) is 9.47 Å². The molecule has 3 nitrogen and oxygen atoms in total. The van der Waals surface area contributed by atoms with E-state index in [2.05, 4.69) is 15.9 Å². The number of hydrogen-bond donors (Lipinski definition) is 0. The first-order valence-corrected chi connectivity index (χ1v) is 6.53. The highest BCUT2D eigenvalue weighted by Crippen LogP contribution is 2.32. The van der Waals surface area contributed by atoms with Crippen LogP contribution in [0.3, 0.4) is 0 Å². The third-order valence-corrected chi connectivity index (χ3v) is 3.27. The number of halogens is 1. The van der Waals surface area contributed by atoms with E-state index >= 15 is 0 Å². The van der Waals surface area contributed by atoms with Crippen molar-refractivity contribution >= 4 is 22.2 Å². The van der Waals surface area contributed by atoms with E-state index < -0.39 is 0 Å². The summed E-state index contributed by atoms with van der Waals surface area (Å²) < 4.78 is 11.6. The quantitative estimate of drug-likeness (QED) is 0.785. The molecule has 0 aromatic heterocycles. The molecule has 0 amide bonds. The molecule has 4 heteroatoms. The van der Waals surface area contributed by atoms with Crippen LogP contribution >= 0.6 is 15.9 Å². The van der Waals surface area contributed by atoms with Crippen molar-refractivity contribution in [1.29, 1.82) is 0 Å². The van der Waals surface area contributed by atoms with Crippen molar-refractivity contribution in [2.24, 2.45) is 0 Å². The van der Waals surface area contributed by atoms with E-state index in [-0.39, 0.29) is 0 Å². The second-order valence-corrected chi connectivity index (χ2v) is 4.77. The SMILES string of the molecule is COc1cc(C=O)c(OCc2ccccc2)cc1Br. The highest BCUT2D eigenvalue weighted by Gasteiger charge is 2.09. The van der Waals surface area contributed by atoms with Gasteiger partial charge in [-0.1, -0.05) is 30.3 Å². The van der Waals surface area contributed by atoms with E-state index in [0.29, 0.717) is 23.7 Å². The molecular formula is C15H13BrO3. The highest BCUT2D eigenvalue weighted by atomic mass is 79.9. The molecule has 98 valence electrons. The molecule has 0 atom stereocenters. The van der Waals surface area contributed by atoms with Gasteiger partial charge in [0.15, 0.2) is 6.29 Å². The minimum atomic E-state index is 0.417. The largest absolute Gasteiger partial charge is 0.496 e. The Morgan fingerprint density at radius 1 is 1.16 bits per heavy atom. The van der Waals surface area contributed by atoms with E-state index in [1.165, 1.54) is 0 Å². The van der Waals surface area contributed by atoms with Crippen LogP contribution in [-0.4, -0.2) is 13.4 Å². The molecule has 0 N–H and O–H groups in total. The number of carbonyl (C=O) groups is 1. The van der Waals surface area contributed by atoms with Crippen molar-refractivity contribution in [3.8, 4) is 11.5 Å². The first-order chi connectivity index (χ1) is 9.24. The predicted molar refractivity (Wildman–Crippen MR) is 76.9 cm³/mol. The summed E-state index contributed by atoms with van der Waals surface area (Å²) in [5.74, 6) is 1.14. The lowest BCUT2D eigenvalue weighted by atomic mass is 10.2. The Morgan fingerprint density at radius 3 is 2.53 bits per heavy atom. The molecule has 0 heterocycles. The van der Waals surface area contributed by atoms with Crippen LogP contribution < -0.4 is 9.47 Å². The Morgan fingerprint density at radius 2 is 1.89 bits per heavy atom. The second-order valence-electron chi connectivity index (χ2n) is 3.92. The van der Waals surface area contributed by atoms with Gasteiger partial charge in [0.1, 0.15) is 18.1 Å². The number of benzene rings is 2. The van der Waals surface area contributed by atoms with Crippen molar-refractivity contribution in [3.05, 3.63) is 58.1 Å². The van der Waals surface area contributed by atoms with Gasteiger partial charge in [0.05, 0.1) is 17.1 Å². The fourth-order valence-corrected chi connectivity index (χ4v) is 2.14. The van der Waals surface area contributed by atoms with Crippen LogP contribution in [0, 0.1) is 0 Å². The van der Waals surface area contributed by atoms with Gasteiger partial charge in [0.2, 0.25) is 0 Å². The van der Waals surface area contributed by atoms with Gasteiger partial charge in [0, 0.05) is 0 Å². The van der Waals surface area contributed by atoms with Crippen LogP contribution in [0.1, 0.15) is 15.9 Å². The Bertz CT molecular complexity index is 567. The van der Waals surface area contributed by atoms with E-state index in [1.54, 1.807) is 19.2 Å². The first-order valence-electron chi connectivity index (χ1n) is 5.74. The van der Waals surface area contributed by atoms with E-state index in [0.717, 1.165) is 16.3 Å². The zero-order valence-electron chi connectivity index (χ0n) is 10.4. The first kappa shape index (κ1) is 13.6. The molecule has 19 heavy (non-hydrogen) atoms. The summed E-state index contributed by atoms with van der Waals surface area (Å²) in [4.78, 5) is 11.1. The number of hydrogen-bond acceptors (Lipinski definition) is 3. The Labute approximate surface area is 120 Å². The van der Waals surface area contributed by atoms with Gasteiger partial charge in [-0.2, -0.15) is 0 Å². The lowest BCUT2D eigenvalue weighted by Gasteiger charge is -2.11. The average molecular weight is 321 g/mol. The zero-order chi connectivity index (χ0) is 13.7. The molecule has 0 aliphatic rings. The van der Waals surface area contributed by atoms with Gasteiger partial charge >= 0.3 is 0 Å². The number of ether oxygens (including phenoxy) is 2. The van der Waals surface area contributed by atoms with Gasteiger partial charge < -0.3 is 9.47 Å². The smallest absolute Gasteiger partial charge is 0.153 e.